The van der Waals surface area contributed by atoms with Crippen LogP contribution in [-0.2, 0) is 12.9 Å². The molecule has 146 valence electrons. The van der Waals surface area contributed by atoms with Crippen molar-refractivity contribution >= 4 is 23.2 Å². The molecule has 0 unspecified atom stereocenters. The fraction of sp³-hybridized carbons (Fsp3) is 0.111. The summed E-state index contributed by atoms with van der Waals surface area (Å²) in [5, 5.41) is 5.80. The van der Waals surface area contributed by atoms with E-state index < -0.39 is 28.5 Å². The molecule has 10 heteroatoms. The molecule has 0 saturated heterocycles. The van der Waals surface area contributed by atoms with Crippen LogP contribution in [0.2, 0.25) is 5.02 Å². The monoisotopic (exact) mass is 413 g/mol. The van der Waals surface area contributed by atoms with Crippen molar-refractivity contribution in [1.29, 1.82) is 0 Å². The van der Waals surface area contributed by atoms with E-state index in [1.54, 1.807) is 6.07 Å². The zero-order valence-corrected chi connectivity index (χ0v) is 14.8. The van der Waals surface area contributed by atoms with Gasteiger partial charge in [-0.25, -0.2) is 9.07 Å². The van der Waals surface area contributed by atoms with Crippen LogP contribution in [0.1, 0.15) is 16.1 Å². The predicted molar refractivity (Wildman–Crippen MR) is 93.7 cm³/mol. The van der Waals surface area contributed by atoms with Gasteiger partial charge in [0.2, 0.25) is 0 Å². The van der Waals surface area contributed by atoms with Crippen LogP contribution in [-0.4, -0.2) is 15.7 Å². The molecule has 0 radical (unpaired) electrons. The Hall–Kier alpha value is -3.07. The largest absolute Gasteiger partial charge is 0.468 e. The number of benzene rings is 2. The number of halogens is 5. The van der Waals surface area contributed by atoms with Crippen LogP contribution in [0.5, 0.6) is 5.75 Å². The van der Waals surface area contributed by atoms with E-state index >= 15 is 0 Å². The van der Waals surface area contributed by atoms with Crippen molar-refractivity contribution < 1.29 is 27.1 Å². The molecule has 0 aliphatic heterocycles. The first-order valence-electron chi connectivity index (χ1n) is 7.83. The predicted octanol–water partition coefficient (Wildman–Crippen LogP) is 4.98. The van der Waals surface area contributed by atoms with E-state index in [1.165, 1.54) is 41.2 Å². The molecule has 0 saturated carbocycles. The summed E-state index contributed by atoms with van der Waals surface area (Å²) >= 11 is 5.55. The Morgan fingerprint density at radius 1 is 1.18 bits per heavy atom. The van der Waals surface area contributed by atoms with Gasteiger partial charge in [0.15, 0.2) is 24.0 Å². The molecule has 0 aliphatic rings. The van der Waals surface area contributed by atoms with Crippen LogP contribution in [0.15, 0.2) is 54.7 Å². The Balaban J connectivity index is 1.67. The van der Waals surface area contributed by atoms with E-state index in [4.69, 9.17) is 16.3 Å². The van der Waals surface area contributed by atoms with Crippen molar-refractivity contribution in [3.05, 3.63) is 76.8 Å². The number of hydrogen-bond donors (Lipinski definition) is 1. The molecule has 0 atom stereocenters. The molecule has 0 spiro atoms. The van der Waals surface area contributed by atoms with E-state index in [1.807, 2.05) is 0 Å². The number of alkyl halides is 3. The standard InChI is InChI=1S/C18H12ClF4N3O2/c19-13-6-5-11(9-12(13)18(21,22)23)24-17(27)15-7-8-26(25-15)10-28-16-4-2-1-3-14(16)20/h1-9H,10H2,(H,24,27). The first kappa shape index (κ1) is 19.7. The number of amides is 1. The lowest BCUT2D eigenvalue weighted by atomic mass is 10.2. The van der Waals surface area contributed by atoms with Gasteiger partial charge in [0.1, 0.15) is 0 Å². The second kappa shape index (κ2) is 7.89. The maximum absolute atomic E-state index is 13.5. The summed E-state index contributed by atoms with van der Waals surface area (Å²) in [6, 6.07) is 10.2. The van der Waals surface area contributed by atoms with Gasteiger partial charge >= 0.3 is 6.18 Å². The molecular formula is C18H12ClF4N3O2. The summed E-state index contributed by atoms with van der Waals surface area (Å²) < 4.78 is 58.7. The lowest BCUT2D eigenvalue weighted by molar-refractivity contribution is -0.137. The molecule has 1 heterocycles. The van der Waals surface area contributed by atoms with E-state index in [-0.39, 0.29) is 23.9 Å². The lowest BCUT2D eigenvalue weighted by Crippen LogP contribution is -2.15. The fourth-order valence-corrected chi connectivity index (χ4v) is 2.49. The zero-order valence-electron chi connectivity index (χ0n) is 14.0. The summed E-state index contributed by atoms with van der Waals surface area (Å²) in [6.45, 7) is -0.159. The highest BCUT2D eigenvalue weighted by atomic mass is 35.5. The summed E-state index contributed by atoms with van der Waals surface area (Å²) in [5.74, 6) is -1.25. The third-order valence-electron chi connectivity index (χ3n) is 3.59. The Labute approximate surface area is 161 Å². The Bertz CT molecular complexity index is 1000. The number of anilines is 1. The number of nitrogens with zero attached hydrogens (tertiary/aromatic N) is 2. The van der Waals surface area contributed by atoms with Crippen molar-refractivity contribution in [3.8, 4) is 5.75 Å². The van der Waals surface area contributed by atoms with Crippen LogP contribution in [0.4, 0.5) is 23.2 Å². The van der Waals surface area contributed by atoms with Crippen LogP contribution in [0, 0.1) is 5.82 Å². The summed E-state index contributed by atoms with van der Waals surface area (Å²) in [5.41, 5.74) is -1.20. The van der Waals surface area contributed by atoms with E-state index in [9.17, 15) is 22.4 Å². The number of rotatable bonds is 5. The summed E-state index contributed by atoms with van der Waals surface area (Å²) in [6.07, 6.45) is -3.23. The van der Waals surface area contributed by atoms with Gasteiger partial charge in [-0.05, 0) is 36.4 Å². The molecule has 0 bridgehead atoms. The molecule has 3 rings (SSSR count). The highest BCUT2D eigenvalue weighted by molar-refractivity contribution is 6.31. The van der Waals surface area contributed by atoms with Crippen LogP contribution >= 0.6 is 11.6 Å². The van der Waals surface area contributed by atoms with Crippen molar-refractivity contribution in [1.82, 2.24) is 9.78 Å². The normalized spacial score (nSPS) is 11.3. The maximum atomic E-state index is 13.5. The van der Waals surface area contributed by atoms with Gasteiger partial charge in [-0.15, -0.1) is 0 Å². The van der Waals surface area contributed by atoms with E-state index in [0.29, 0.717) is 0 Å². The van der Waals surface area contributed by atoms with Gasteiger partial charge < -0.3 is 10.1 Å². The number of para-hydroxylation sites is 1. The molecule has 5 nitrogen and oxygen atoms in total. The van der Waals surface area contributed by atoms with Crippen LogP contribution in [0.25, 0.3) is 0 Å². The van der Waals surface area contributed by atoms with Crippen molar-refractivity contribution in [2.75, 3.05) is 5.32 Å². The van der Waals surface area contributed by atoms with Gasteiger partial charge in [-0.2, -0.15) is 18.3 Å². The summed E-state index contributed by atoms with van der Waals surface area (Å²) in [4.78, 5) is 12.2. The van der Waals surface area contributed by atoms with Crippen molar-refractivity contribution in [2.45, 2.75) is 12.9 Å². The number of nitrogens with one attached hydrogen (secondary N) is 1. The molecule has 0 fully saturated rings. The average molecular weight is 414 g/mol. The minimum absolute atomic E-state index is 0.0184. The number of hydrogen-bond acceptors (Lipinski definition) is 3. The van der Waals surface area contributed by atoms with Gasteiger partial charge in [0, 0.05) is 11.9 Å². The lowest BCUT2D eigenvalue weighted by Gasteiger charge is -2.11. The van der Waals surface area contributed by atoms with Crippen molar-refractivity contribution in [2.24, 2.45) is 0 Å². The third-order valence-corrected chi connectivity index (χ3v) is 3.92. The minimum Gasteiger partial charge on any atom is -0.468 e. The topological polar surface area (TPSA) is 56.2 Å². The Morgan fingerprint density at radius 2 is 1.93 bits per heavy atom. The molecule has 3 aromatic rings. The molecular weight excluding hydrogens is 402 g/mol. The first-order valence-corrected chi connectivity index (χ1v) is 8.21. The third kappa shape index (κ3) is 4.61. The Kier molecular flexibility index (Phi) is 5.55. The molecule has 0 aliphatic carbocycles. The van der Waals surface area contributed by atoms with Gasteiger partial charge in [0.25, 0.3) is 5.91 Å². The van der Waals surface area contributed by atoms with E-state index in [2.05, 4.69) is 10.4 Å². The Morgan fingerprint density at radius 3 is 2.64 bits per heavy atom. The number of carbonyl (C=O) groups excluding carboxylic acids is 1. The molecule has 28 heavy (non-hydrogen) atoms. The minimum atomic E-state index is -4.65. The van der Waals surface area contributed by atoms with Gasteiger partial charge in [0.05, 0.1) is 10.6 Å². The average Bonchev–Trinajstić information content (AvgIpc) is 3.11. The molecule has 1 N–H and O–H groups in total. The second-order valence-corrected chi connectivity index (χ2v) is 6.00. The molecule has 2 aromatic carbocycles. The van der Waals surface area contributed by atoms with Crippen LogP contribution in [0.3, 0.4) is 0 Å². The molecule has 1 aromatic heterocycles. The summed E-state index contributed by atoms with van der Waals surface area (Å²) in [7, 11) is 0. The van der Waals surface area contributed by atoms with E-state index in [0.717, 1.165) is 12.1 Å². The van der Waals surface area contributed by atoms with Gasteiger partial charge in [-0.3, -0.25) is 4.79 Å². The smallest absolute Gasteiger partial charge is 0.417 e. The quantitative estimate of drug-likeness (QED) is 0.600. The number of aromatic nitrogens is 2. The highest BCUT2D eigenvalue weighted by Crippen LogP contribution is 2.36. The first-order chi connectivity index (χ1) is 13.2. The van der Waals surface area contributed by atoms with Crippen LogP contribution < -0.4 is 10.1 Å². The van der Waals surface area contributed by atoms with Gasteiger partial charge in [-0.1, -0.05) is 23.7 Å². The zero-order chi connectivity index (χ0) is 20.3. The maximum Gasteiger partial charge on any atom is 0.417 e. The number of ether oxygens (including phenoxy) is 1. The fourth-order valence-electron chi connectivity index (χ4n) is 2.27. The highest BCUT2D eigenvalue weighted by Gasteiger charge is 2.33. The molecule has 1 amide bonds. The SMILES string of the molecule is O=C(Nc1ccc(Cl)c(C(F)(F)F)c1)c1ccn(COc2ccccc2F)n1. The number of carbonyl (C=O) groups is 1. The van der Waals surface area contributed by atoms with Crippen molar-refractivity contribution in [3.63, 3.8) is 0 Å². The second-order valence-electron chi connectivity index (χ2n) is 5.59.